The van der Waals surface area contributed by atoms with Gasteiger partial charge in [-0.2, -0.15) is 0 Å². The SMILES string of the molecule is Cc1cccc(-c2nccc(Nc3ccnc(Cc4ccc(N5C[C@H]6CC[C@@H](C5)N6)cc4)n3)n2)n1. The molecule has 2 atom stereocenters. The van der Waals surface area contributed by atoms with Crippen LogP contribution in [0.4, 0.5) is 17.3 Å². The molecule has 0 spiro atoms. The number of hydrogen-bond donors (Lipinski definition) is 2. The number of fused-ring (bicyclic) bond motifs is 2. The first-order valence-corrected chi connectivity index (χ1v) is 12.1. The minimum atomic E-state index is 0.575. The molecular weight excluding hydrogens is 436 g/mol. The van der Waals surface area contributed by atoms with Gasteiger partial charge in [0.25, 0.3) is 0 Å². The highest BCUT2D eigenvalue weighted by Crippen LogP contribution is 2.26. The summed E-state index contributed by atoms with van der Waals surface area (Å²) in [5.74, 6) is 2.70. The average Bonchev–Trinajstić information content (AvgIpc) is 3.22. The Morgan fingerprint density at radius 3 is 2.37 bits per heavy atom. The maximum Gasteiger partial charge on any atom is 0.180 e. The van der Waals surface area contributed by atoms with Crippen LogP contribution in [0.15, 0.2) is 67.0 Å². The summed E-state index contributed by atoms with van der Waals surface area (Å²) in [6.45, 7) is 4.14. The third-order valence-corrected chi connectivity index (χ3v) is 6.61. The second-order valence-electron chi connectivity index (χ2n) is 9.30. The lowest BCUT2D eigenvalue weighted by atomic mass is 10.1. The lowest BCUT2D eigenvalue weighted by molar-refractivity contribution is 0.466. The molecule has 0 radical (unpaired) electrons. The number of aryl methyl sites for hydroxylation is 1. The van der Waals surface area contributed by atoms with E-state index < -0.39 is 0 Å². The largest absolute Gasteiger partial charge is 0.368 e. The zero-order chi connectivity index (χ0) is 23.6. The Bertz CT molecular complexity index is 1310. The Morgan fingerprint density at radius 2 is 1.60 bits per heavy atom. The van der Waals surface area contributed by atoms with Crippen LogP contribution in [-0.2, 0) is 6.42 Å². The van der Waals surface area contributed by atoms with Gasteiger partial charge in [-0.1, -0.05) is 18.2 Å². The van der Waals surface area contributed by atoms with Gasteiger partial charge in [0.1, 0.15) is 23.2 Å². The molecule has 0 saturated carbocycles. The van der Waals surface area contributed by atoms with Gasteiger partial charge < -0.3 is 15.5 Å². The fourth-order valence-corrected chi connectivity index (χ4v) is 4.92. The van der Waals surface area contributed by atoms with Crippen LogP contribution in [0.3, 0.4) is 0 Å². The first-order chi connectivity index (χ1) is 17.2. The van der Waals surface area contributed by atoms with Crippen molar-refractivity contribution in [1.82, 2.24) is 30.2 Å². The van der Waals surface area contributed by atoms with E-state index in [2.05, 4.69) is 59.7 Å². The lowest BCUT2D eigenvalue weighted by Crippen LogP contribution is -2.51. The summed E-state index contributed by atoms with van der Waals surface area (Å²) < 4.78 is 0. The number of pyridine rings is 1. The summed E-state index contributed by atoms with van der Waals surface area (Å²) in [5, 5.41) is 6.97. The van der Waals surface area contributed by atoms with Crippen LogP contribution in [0, 0.1) is 6.92 Å². The van der Waals surface area contributed by atoms with E-state index in [1.54, 1.807) is 12.4 Å². The Kier molecular flexibility index (Phi) is 5.79. The van der Waals surface area contributed by atoms with E-state index in [0.717, 1.165) is 30.3 Å². The molecule has 2 saturated heterocycles. The van der Waals surface area contributed by atoms with Gasteiger partial charge >= 0.3 is 0 Å². The van der Waals surface area contributed by atoms with Crippen LogP contribution in [-0.4, -0.2) is 50.1 Å². The van der Waals surface area contributed by atoms with Gasteiger partial charge in [-0.15, -0.1) is 0 Å². The molecular formula is C27H28N8. The molecule has 3 aromatic heterocycles. The standard InChI is InChI=1S/C27H28N8/c1-18-3-2-4-23(30-18)27-29-14-12-25(34-27)32-24-11-13-28-26(33-24)15-19-5-9-22(10-6-19)35-16-20-7-8-21(17-35)31-20/h2-6,9-14,20-21,31H,7-8,15-17H2,1H3,(H,28,29,32,33,34)/t20-,21+. The second kappa shape index (κ2) is 9.38. The zero-order valence-electron chi connectivity index (χ0n) is 19.7. The Hall–Kier alpha value is -3.91. The molecule has 8 heteroatoms. The molecule has 2 fully saturated rings. The van der Waals surface area contributed by atoms with Gasteiger partial charge in [-0.25, -0.2) is 24.9 Å². The quantitative estimate of drug-likeness (QED) is 0.444. The fourth-order valence-electron chi connectivity index (χ4n) is 4.92. The van der Waals surface area contributed by atoms with Gasteiger partial charge in [-0.3, -0.25) is 0 Å². The lowest BCUT2D eigenvalue weighted by Gasteiger charge is -2.34. The van der Waals surface area contributed by atoms with Crippen molar-refractivity contribution in [3.63, 3.8) is 0 Å². The molecule has 2 aliphatic heterocycles. The van der Waals surface area contributed by atoms with Crippen molar-refractivity contribution in [2.45, 2.75) is 38.3 Å². The molecule has 6 rings (SSSR count). The Balaban J connectivity index is 1.13. The summed E-state index contributed by atoms with van der Waals surface area (Å²) in [6.07, 6.45) is 6.76. The first kappa shape index (κ1) is 21.6. The third kappa shape index (κ3) is 4.97. The molecule has 4 aromatic rings. The average molecular weight is 465 g/mol. The van der Waals surface area contributed by atoms with Crippen molar-refractivity contribution in [2.75, 3.05) is 23.3 Å². The molecule has 176 valence electrons. The van der Waals surface area contributed by atoms with E-state index in [1.807, 2.05) is 37.3 Å². The third-order valence-electron chi connectivity index (χ3n) is 6.61. The molecule has 8 nitrogen and oxygen atoms in total. The predicted octanol–water partition coefficient (Wildman–Crippen LogP) is 3.91. The maximum absolute atomic E-state index is 4.70. The van der Waals surface area contributed by atoms with Gasteiger partial charge in [0.15, 0.2) is 5.82 Å². The van der Waals surface area contributed by atoms with Gasteiger partial charge in [0.05, 0.1) is 0 Å². The van der Waals surface area contributed by atoms with Crippen LogP contribution in [0.5, 0.6) is 0 Å². The molecule has 2 bridgehead atoms. The number of anilines is 3. The molecule has 2 aliphatic rings. The van der Waals surface area contributed by atoms with Crippen molar-refractivity contribution in [1.29, 1.82) is 0 Å². The molecule has 0 aliphatic carbocycles. The Labute approximate surface area is 204 Å². The van der Waals surface area contributed by atoms with Crippen LogP contribution in [0.1, 0.15) is 29.9 Å². The number of benzene rings is 1. The summed E-state index contributed by atoms with van der Waals surface area (Å²) in [6, 6.07) is 19.6. The Morgan fingerprint density at radius 1 is 0.857 bits per heavy atom. The van der Waals surface area contributed by atoms with Crippen LogP contribution in [0.25, 0.3) is 11.5 Å². The fraction of sp³-hybridized carbons (Fsp3) is 0.296. The van der Waals surface area contributed by atoms with E-state index in [1.165, 1.54) is 24.1 Å². The topological polar surface area (TPSA) is 91.8 Å². The molecule has 0 amide bonds. The predicted molar refractivity (Wildman–Crippen MR) is 137 cm³/mol. The molecule has 35 heavy (non-hydrogen) atoms. The molecule has 1 aromatic carbocycles. The van der Waals surface area contributed by atoms with Gasteiger partial charge in [0.2, 0.25) is 0 Å². The summed E-state index contributed by atoms with van der Waals surface area (Å²) in [4.78, 5) is 25.2. The molecule has 2 N–H and O–H groups in total. The minimum Gasteiger partial charge on any atom is -0.368 e. The van der Waals surface area contributed by atoms with E-state index in [9.17, 15) is 0 Å². The second-order valence-corrected chi connectivity index (χ2v) is 9.30. The number of nitrogens with zero attached hydrogens (tertiary/aromatic N) is 6. The number of hydrogen-bond acceptors (Lipinski definition) is 8. The normalized spacial score (nSPS) is 19.1. The number of piperazine rings is 1. The molecule has 0 unspecified atom stereocenters. The van der Waals surface area contributed by atoms with Crippen LogP contribution in [0.2, 0.25) is 0 Å². The monoisotopic (exact) mass is 464 g/mol. The van der Waals surface area contributed by atoms with E-state index in [-0.39, 0.29) is 0 Å². The van der Waals surface area contributed by atoms with E-state index in [0.29, 0.717) is 36.0 Å². The smallest absolute Gasteiger partial charge is 0.180 e. The molecule has 5 heterocycles. The maximum atomic E-state index is 4.70. The van der Waals surface area contributed by atoms with Crippen molar-refractivity contribution >= 4 is 17.3 Å². The van der Waals surface area contributed by atoms with Gasteiger partial charge in [-0.05, 0) is 61.7 Å². The highest BCUT2D eigenvalue weighted by atomic mass is 15.2. The highest BCUT2D eigenvalue weighted by molar-refractivity contribution is 5.56. The summed E-state index contributed by atoms with van der Waals surface area (Å²) in [5.41, 5.74) is 4.16. The van der Waals surface area contributed by atoms with Gasteiger partial charge in [0, 0.05) is 55.4 Å². The van der Waals surface area contributed by atoms with E-state index >= 15 is 0 Å². The van der Waals surface area contributed by atoms with Crippen molar-refractivity contribution in [3.05, 3.63) is 84.1 Å². The zero-order valence-corrected chi connectivity index (χ0v) is 19.7. The van der Waals surface area contributed by atoms with Crippen molar-refractivity contribution < 1.29 is 0 Å². The number of aromatic nitrogens is 5. The van der Waals surface area contributed by atoms with Crippen molar-refractivity contribution in [3.8, 4) is 11.5 Å². The number of rotatable bonds is 6. The van der Waals surface area contributed by atoms with Crippen molar-refractivity contribution in [2.24, 2.45) is 0 Å². The summed E-state index contributed by atoms with van der Waals surface area (Å²) in [7, 11) is 0. The summed E-state index contributed by atoms with van der Waals surface area (Å²) >= 11 is 0. The van der Waals surface area contributed by atoms with Crippen LogP contribution < -0.4 is 15.5 Å². The highest BCUT2D eigenvalue weighted by Gasteiger charge is 2.32. The first-order valence-electron chi connectivity index (χ1n) is 12.1. The number of nitrogens with one attached hydrogen (secondary N) is 2. The minimum absolute atomic E-state index is 0.575. The van der Waals surface area contributed by atoms with E-state index in [4.69, 9.17) is 4.98 Å². The van der Waals surface area contributed by atoms with Crippen LogP contribution >= 0.6 is 0 Å².